The monoisotopic (exact) mass is 111 g/mol. The van der Waals surface area contributed by atoms with Crippen LogP contribution in [0.25, 0.3) is 0 Å². The van der Waals surface area contributed by atoms with Crippen LogP contribution in [-0.4, -0.2) is 9.55 Å². The summed E-state index contributed by atoms with van der Waals surface area (Å²) < 4.78 is 1.88. The van der Waals surface area contributed by atoms with Crippen molar-refractivity contribution in [2.75, 3.05) is 5.73 Å². The number of rotatable bonds is 0. The Hall–Kier alpha value is -0.990. The van der Waals surface area contributed by atoms with Crippen molar-refractivity contribution in [1.82, 2.24) is 9.55 Å². The molecule has 3 heteroatoms. The Bertz CT molecular complexity index is 170. The first kappa shape index (κ1) is 5.15. The van der Waals surface area contributed by atoms with Crippen molar-refractivity contribution in [1.29, 1.82) is 0 Å². The minimum Gasteiger partial charge on any atom is -0.382 e. The van der Waals surface area contributed by atoms with Gasteiger partial charge in [-0.3, -0.25) is 0 Å². The van der Waals surface area contributed by atoms with Gasteiger partial charge in [0.2, 0.25) is 0 Å². The van der Waals surface area contributed by atoms with Crippen LogP contribution in [-0.2, 0) is 7.05 Å². The van der Waals surface area contributed by atoms with Crippen LogP contribution in [0.2, 0.25) is 0 Å². The summed E-state index contributed by atoms with van der Waals surface area (Å²) in [5.74, 6) is 0.618. The van der Waals surface area contributed by atoms with Gasteiger partial charge >= 0.3 is 0 Å². The Kier molecular flexibility index (Phi) is 0.970. The second-order valence-electron chi connectivity index (χ2n) is 1.83. The summed E-state index contributed by atoms with van der Waals surface area (Å²) in [6, 6.07) is 0. The summed E-state index contributed by atoms with van der Waals surface area (Å²) in [6.07, 6.45) is 1.70. The van der Waals surface area contributed by atoms with Crippen molar-refractivity contribution in [3.8, 4) is 0 Å². The fourth-order valence-electron chi connectivity index (χ4n) is 0.510. The molecule has 2 N–H and O–H groups in total. The number of hydrogen-bond donors (Lipinski definition) is 1. The van der Waals surface area contributed by atoms with Crippen molar-refractivity contribution in [2.45, 2.75) is 6.92 Å². The van der Waals surface area contributed by atoms with Crippen LogP contribution >= 0.6 is 0 Å². The first-order valence-corrected chi connectivity index (χ1v) is 2.45. The summed E-state index contributed by atoms with van der Waals surface area (Å²) in [5, 5.41) is 0. The van der Waals surface area contributed by atoms with Crippen molar-refractivity contribution in [3.63, 3.8) is 0 Å². The van der Waals surface area contributed by atoms with E-state index in [1.54, 1.807) is 6.33 Å². The largest absolute Gasteiger partial charge is 0.382 e. The van der Waals surface area contributed by atoms with Crippen LogP contribution in [0.3, 0.4) is 0 Å². The third-order valence-corrected chi connectivity index (χ3v) is 1.27. The Balaban J connectivity index is 3.19. The van der Waals surface area contributed by atoms with E-state index in [9.17, 15) is 0 Å². The van der Waals surface area contributed by atoms with Gasteiger partial charge < -0.3 is 10.3 Å². The quantitative estimate of drug-likeness (QED) is 0.523. The Morgan fingerprint density at radius 1 is 1.75 bits per heavy atom. The van der Waals surface area contributed by atoms with E-state index in [0.29, 0.717) is 5.82 Å². The number of nitrogens with zero attached hydrogens (tertiary/aromatic N) is 2. The molecule has 0 atom stereocenters. The van der Waals surface area contributed by atoms with Gasteiger partial charge in [0.1, 0.15) is 5.82 Å². The van der Waals surface area contributed by atoms with Gasteiger partial charge in [-0.15, -0.1) is 0 Å². The van der Waals surface area contributed by atoms with Gasteiger partial charge in [-0.25, -0.2) is 4.98 Å². The van der Waals surface area contributed by atoms with Crippen molar-refractivity contribution in [2.24, 2.45) is 7.05 Å². The summed E-state index contributed by atoms with van der Waals surface area (Å²) in [7, 11) is 1.92. The first-order valence-electron chi connectivity index (χ1n) is 2.45. The molecule has 44 valence electrons. The molecule has 0 aromatic carbocycles. The summed E-state index contributed by atoms with van der Waals surface area (Å²) >= 11 is 0. The van der Waals surface area contributed by atoms with E-state index < -0.39 is 0 Å². The minimum absolute atomic E-state index is 0.618. The maximum absolute atomic E-state index is 5.41. The van der Waals surface area contributed by atoms with E-state index in [1.807, 2.05) is 18.5 Å². The molecule has 8 heavy (non-hydrogen) atoms. The molecular weight excluding hydrogens is 102 g/mol. The average molecular weight is 111 g/mol. The zero-order valence-corrected chi connectivity index (χ0v) is 5.05. The lowest BCUT2D eigenvalue weighted by Gasteiger charge is -1.90. The molecule has 0 spiro atoms. The smallest absolute Gasteiger partial charge is 0.144 e. The lowest BCUT2D eigenvalue weighted by atomic mass is 10.5. The third kappa shape index (κ3) is 0.559. The molecule has 0 radical (unpaired) electrons. The molecule has 0 aliphatic carbocycles. The van der Waals surface area contributed by atoms with Gasteiger partial charge in [-0.05, 0) is 6.92 Å². The molecule has 1 rings (SSSR count). The van der Waals surface area contributed by atoms with Gasteiger partial charge in [0.15, 0.2) is 0 Å². The van der Waals surface area contributed by atoms with Gasteiger partial charge in [0.05, 0.1) is 12.0 Å². The number of nitrogen functional groups attached to an aromatic ring is 1. The van der Waals surface area contributed by atoms with Gasteiger partial charge in [-0.1, -0.05) is 0 Å². The topological polar surface area (TPSA) is 43.8 Å². The molecule has 0 fully saturated rings. The standard InChI is InChI=1S/C5H9N3/c1-4-5(6)7-3-8(4)2/h3H,6H2,1-2H3. The van der Waals surface area contributed by atoms with Gasteiger partial charge in [-0.2, -0.15) is 0 Å². The van der Waals surface area contributed by atoms with E-state index in [0.717, 1.165) is 5.69 Å². The molecule has 0 unspecified atom stereocenters. The summed E-state index contributed by atoms with van der Waals surface area (Å²) in [6.45, 7) is 1.93. The number of anilines is 1. The highest BCUT2D eigenvalue weighted by atomic mass is 15.1. The second-order valence-corrected chi connectivity index (χ2v) is 1.83. The van der Waals surface area contributed by atoms with Crippen molar-refractivity contribution in [3.05, 3.63) is 12.0 Å². The number of aryl methyl sites for hydroxylation is 1. The normalized spacial score (nSPS) is 9.75. The molecule has 1 heterocycles. The van der Waals surface area contributed by atoms with Crippen molar-refractivity contribution >= 4 is 5.82 Å². The number of imidazole rings is 1. The van der Waals surface area contributed by atoms with Crippen LogP contribution in [0.1, 0.15) is 5.69 Å². The Morgan fingerprint density at radius 3 is 2.50 bits per heavy atom. The molecule has 1 aromatic rings. The van der Waals surface area contributed by atoms with E-state index in [2.05, 4.69) is 4.98 Å². The zero-order valence-electron chi connectivity index (χ0n) is 5.05. The zero-order chi connectivity index (χ0) is 6.15. The molecule has 0 bridgehead atoms. The van der Waals surface area contributed by atoms with E-state index >= 15 is 0 Å². The lowest BCUT2D eigenvalue weighted by molar-refractivity contribution is 0.874. The highest BCUT2D eigenvalue weighted by Crippen LogP contribution is 2.03. The SMILES string of the molecule is Cc1c(N)ncn1C. The number of nitrogens with two attached hydrogens (primary N) is 1. The van der Waals surface area contributed by atoms with Crippen molar-refractivity contribution < 1.29 is 0 Å². The van der Waals surface area contributed by atoms with E-state index in [4.69, 9.17) is 5.73 Å². The second kappa shape index (κ2) is 1.51. The Morgan fingerprint density at radius 2 is 2.38 bits per heavy atom. The predicted octanol–water partition coefficient (Wildman–Crippen LogP) is 0.311. The van der Waals surface area contributed by atoms with E-state index in [1.165, 1.54) is 0 Å². The number of aromatic nitrogens is 2. The molecule has 0 amide bonds. The van der Waals surface area contributed by atoms with Gasteiger partial charge in [0.25, 0.3) is 0 Å². The molecule has 0 aliphatic heterocycles. The minimum atomic E-state index is 0.618. The average Bonchev–Trinajstić information content (AvgIpc) is 1.98. The van der Waals surface area contributed by atoms with Crippen LogP contribution in [0.5, 0.6) is 0 Å². The predicted molar refractivity (Wildman–Crippen MR) is 32.4 cm³/mol. The van der Waals surface area contributed by atoms with Crippen LogP contribution in [0.15, 0.2) is 6.33 Å². The highest BCUT2D eigenvalue weighted by Gasteiger charge is 1.94. The highest BCUT2D eigenvalue weighted by molar-refractivity contribution is 5.32. The Labute approximate surface area is 48.1 Å². The maximum Gasteiger partial charge on any atom is 0.144 e. The summed E-state index contributed by atoms with van der Waals surface area (Å²) in [5.41, 5.74) is 6.43. The van der Waals surface area contributed by atoms with E-state index in [-0.39, 0.29) is 0 Å². The molecule has 3 nitrogen and oxygen atoms in total. The molecule has 0 saturated heterocycles. The lowest BCUT2D eigenvalue weighted by Crippen LogP contribution is -1.91. The van der Waals surface area contributed by atoms with Crippen LogP contribution in [0.4, 0.5) is 5.82 Å². The molecule has 0 aliphatic rings. The number of hydrogen-bond acceptors (Lipinski definition) is 2. The van der Waals surface area contributed by atoms with Crippen LogP contribution in [0, 0.1) is 6.92 Å². The fourth-order valence-corrected chi connectivity index (χ4v) is 0.510. The summed E-state index contributed by atoms with van der Waals surface area (Å²) in [4.78, 5) is 3.86. The maximum atomic E-state index is 5.41. The fraction of sp³-hybridized carbons (Fsp3) is 0.400. The third-order valence-electron chi connectivity index (χ3n) is 1.27. The molecule has 0 saturated carbocycles. The van der Waals surface area contributed by atoms with Crippen LogP contribution < -0.4 is 5.73 Å². The first-order chi connectivity index (χ1) is 3.72. The molecule has 1 aromatic heterocycles. The van der Waals surface area contributed by atoms with Gasteiger partial charge in [0, 0.05) is 7.05 Å². The molecular formula is C5H9N3.